The van der Waals surface area contributed by atoms with Crippen LogP contribution in [0.5, 0.6) is 5.75 Å². The molecule has 0 atom stereocenters. The van der Waals surface area contributed by atoms with Crippen LogP contribution >= 0.6 is 0 Å². The molecule has 1 aromatic heterocycles. The lowest BCUT2D eigenvalue weighted by Crippen LogP contribution is -2.35. The van der Waals surface area contributed by atoms with Crippen molar-refractivity contribution in [1.29, 1.82) is 0 Å². The molecule has 1 N–H and O–H groups in total. The van der Waals surface area contributed by atoms with Crippen LogP contribution in [0, 0.1) is 0 Å². The highest BCUT2D eigenvalue weighted by atomic mass is 19.3. The number of H-pyrrole nitrogens is 1. The lowest BCUT2D eigenvalue weighted by molar-refractivity contribution is -0.0508. The standard InChI is InChI=1S/C21H19F2N3O2/c22-21(23)28-18-9-5-4-8-15(18)12-26-11-10-16-17(13-26)24-19(25-20(16)27)14-6-2-1-3-7-14/h1-9,21H,10-13H2,(H,24,25,27). The number of nitrogens with zero attached hydrogens (tertiary/aromatic N) is 2. The molecular formula is C21H19F2N3O2. The molecule has 4 rings (SSSR count). The first kappa shape index (κ1) is 18.3. The Morgan fingerprint density at radius 1 is 1.11 bits per heavy atom. The van der Waals surface area contributed by atoms with E-state index in [1.54, 1.807) is 18.2 Å². The molecule has 0 radical (unpaired) electrons. The van der Waals surface area contributed by atoms with E-state index < -0.39 is 6.61 Å². The van der Waals surface area contributed by atoms with Gasteiger partial charge >= 0.3 is 6.61 Å². The quantitative estimate of drug-likeness (QED) is 0.732. The molecule has 7 heteroatoms. The number of rotatable bonds is 5. The van der Waals surface area contributed by atoms with Crippen LogP contribution in [0.15, 0.2) is 59.4 Å². The molecule has 0 bridgehead atoms. The smallest absolute Gasteiger partial charge is 0.387 e. The summed E-state index contributed by atoms with van der Waals surface area (Å²) in [6.45, 7) is -1.30. The van der Waals surface area contributed by atoms with Crippen LogP contribution in [0.3, 0.4) is 0 Å². The molecule has 1 aliphatic heterocycles. The minimum absolute atomic E-state index is 0.120. The van der Waals surface area contributed by atoms with Crippen molar-refractivity contribution in [2.75, 3.05) is 6.54 Å². The van der Waals surface area contributed by atoms with Gasteiger partial charge in [-0.1, -0.05) is 48.5 Å². The zero-order valence-corrected chi connectivity index (χ0v) is 15.1. The van der Waals surface area contributed by atoms with Crippen molar-refractivity contribution in [3.05, 3.63) is 81.8 Å². The summed E-state index contributed by atoms with van der Waals surface area (Å²) in [5.41, 5.74) is 2.81. The maximum Gasteiger partial charge on any atom is 0.387 e. The van der Waals surface area contributed by atoms with E-state index in [1.807, 2.05) is 30.3 Å². The van der Waals surface area contributed by atoms with Gasteiger partial charge in [0.25, 0.3) is 5.56 Å². The van der Waals surface area contributed by atoms with Crippen LogP contribution in [0.25, 0.3) is 11.4 Å². The van der Waals surface area contributed by atoms with Crippen LogP contribution in [0.2, 0.25) is 0 Å². The summed E-state index contributed by atoms with van der Waals surface area (Å²) in [7, 11) is 0. The first-order valence-electron chi connectivity index (χ1n) is 9.02. The van der Waals surface area contributed by atoms with Gasteiger partial charge in [-0.2, -0.15) is 8.78 Å². The Morgan fingerprint density at radius 2 is 1.86 bits per heavy atom. The minimum Gasteiger partial charge on any atom is -0.434 e. The van der Waals surface area contributed by atoms with Crippen molar-refractivity contribution in [3.8, 4) is 17.1 Å². The van der Waals surface area contributed by atoms with Gasteiger partial charge in [0.15, 0.2) is 0 Å². The van der Waals surface area contributed by atoms with Crippen LogP contribution < -0.4 is 10.3 Å². The van der Waals surface area contributed by atoms with Crippen molar-refractivity contribution in [3.63, 3.8) is 0 Å². The highest BCUT2D eigenvalue weighted by molar-refractivity contribution is 5.54. The second kappa shape index (κ2) is 7.90. The van der Waals surface area contributed by atoms with E-state index in [1.165, 1.54) is 6.07 Å². The Balaban J connectivity index is 1.58. The molecule has 5 nitrogen and oxygen atoms in total. The summed E-state index contributed by atoms with van der Waals surface area (Å²) >= 11 is 0. The minimum atomic E-state index is -2.86. The number of aromatic amines is 1. The summed E-state index contributed by atoms with van der Waals surface area (Å²) in [4.78, 5) is 22.1. The van der Waals surface area contributed by atoms with Gasteiger partial charge in [0.2, 0.25) is 0 Å². The molecular weight excluding hydrogens is 364 g/mol. The van der Waals surface area contributed by atoms with Gasteiger partial charge in [0.05, 0.1) is 5.69 Å². The SMILES string of the molecule is O=c1[nH]c(-c2ccccc2)nc2c1CCN(Cc1ccccc1OC(F)F)C2. The van der Waals surface area contributed by atoms with E-state index in [4.69, 9.17) is 0 Å². The van der Waals surface area contributed by atoms with E-state index in [2.05, 4.69) is 19.6 Å². The van der Waals surface area contributed by atoms with Crippen LogP contribution in [0.1, 0.15) is 16.8 Å². The van der Waals surface area contributed by atoms with Gasteiger partial charge in [0, 0.05) is 36.3 Å². The largest absolute Gasteiger partial charge is 0.434 e. The molecule has 0 aliphatic carbocycles. The monoisotopic (exact) mass is 383 g/mol. The molecule has 0 saturated carbocycles. The summed E-state index contributed by atoms with van der Waals surface area (Å²) in [6, 6.07) is 16.2. The number of para-hydroxylation sites is 1. The zero-order valence-electron chi connectivity index (χ0n) is 15.1. The number of nitrogens with one attached hydrogen (secondary N) is 1. The van der Waals surface area contributed by atoms with Crippen LogP contribution in [0.4, 0.5) is 8.78 Å². The Bertz CT molecular complexity index is 1020. The summed E-state index contributed by atoms with van der Waals surface area (Å²) in [5.74, 6) is 0.708. The van der Waals surface area contributed by atoms with Crippen molar-refractivity contribution in [2.45, 2.75) is 26.1 Å². The average molecular weight is 383 g/mol. The van der Waals surface area contributed by atoms with Crippen molar-refractivity contribution in [2.24, 2.45) is 0 Å². The predicted octanol–water partition coefficient (Wildman–Crippen LogP) is 3.60. The van der Waals surface area contributed by atoms with E-state index in [9.17, 15) is 13.6 Å². The number of alkyl halides is 2. The number of aromatic nitrogens is 2. The lowest BCUT2D eigenvalue weighted by atomic mass is 10.0. The topological polar surface area (TPSA) is 58.2 Å². The third-order valence-electron chi connectivity index (χ3n) is 4.78. The van der Waals surface area contributed by atoms with Crippen LogP contribution in [-0.2, 0) is 19.5 Å². The van der Waals surface area contributed by atoms with Gasteiger partial charge in [-0.25, -0.2) is 4.98 Å². The molecule has 0 unspecified atom stereocenters. The van der Waals surface area contributed by atoms with E-state index in [0.717, 1.165) is 11.3 Å². The molecule has 1 aliphatic rings. The highest BCUT2D eigenvalue weighted by Gasteiger charge is 2.22. The van der Waals surface area contributed by atoms with Crippen molar-refractivity contribution in [1.82, 2.24) is 14.9 Å². The Kier molecular flexibility index (Phi) is 5.16. The second-order valence-electron chi connectivity index (χ2n) is 6.65. The zero-order chi connectivity index (χ0) is 19.5. The number of benzene rings is 2. The van der Waals surface area contributed by atoms with Crippen molar-refractivity contribution < 1.29 is 13.5 Å². The average Bonchev–Trinajstić information content (AvgIpc) is 2.69. The number of hydrogen-bond acceptors (Lipinski definition) is 4. The summed E-state index contributed by atoms with van der Waals surface area (Å²) in [6.07, 6.45) is 0.560. The molecule has 0 saturated heterocycles. The van der Waals surface area contributed by atoms with Gasteiger partial charge < -0.3 is 9.72 Å². The maximum atomic E-state index is 12.6. The fourth-order valence-corrected chi connectivity index (χ4v) is 3.45. The van der Waals surface area contributed by atoms with E-state index in [-0.39, 0.29) is 11.3 Å². The summed E-state index contributed by atoms with van der Waals surface area (Å²) in [5, 5.41) is 0. The Labute approximate surface area is 160 Å². The van der Waals surface area contributed by atoms with Gasteiger partial charge in [-0.3, -0.25) is 9.69 Å². The van der Waals surface area contributed by atoms with Crippen LogP contribution in [-0.4, -0.2) is 28.0 Å². The Hall–Kier alpha value is -3.06. The third kappa shape index (κ3) is 3.94. The van der Waals surface area contributed by atoms with Gasteiger partial charge in [-0.15, -0.1) is 0 Å². The first-order valence-corrected chi connectivity index (χ1v) is 9.02. The molecule has 28 heavy (non-hydrogen) atoms. The predicted molar refractivity (Wildman–Crippen MR) is 101 cm³/mol. The number of halogens is 2. The molecule has 2 aromatic carbocycles. The van der Waals surface area contributed by atoms with Gasteiger partial charge in [0.1, 0.15) is 11.6 Å². The normalized spacial score (nSPS) is 14.1. The van der Waals surface area contributed by atoms with E-state index in [0.29, 0.717) is 43.0 Å². The lowest BCUT2D eigenvalue weighted by Gasteiger charge is -2.28. The Morgan fingerprint density at radius 3 is 2.64 bits per heavy atom. The number of fused-ring (bicyclic) bond motifs is 1. The first-order chi connectivity index (χ1) is 13.6. The molecule has 0 amide bonds. The third-order valence-corrected chi connectivity index (χ3v) is 4.78. The highest BCUT2D eigenvalue weighted by Crippen LogP contribution is 2.25. The molecule has 3 aromatic rings. The molecule has 2 heterocycles. The fraction of sp³-hybridized carbons (Fsp3) is 0.238. The van der Waals surface area contributed by atoms with E-state index >= 15 is 0 Å². The molecule has 144 valence electrons. The maximum absolute atomic E-state index is 12.6. The fourth-order valence-electron chi connectivity index (χ4n) is 3.45. The van der Waals surface area contributed by atoms with Crippen molar-refractivity contribution >= 4 is 0 Å². The summed E-state index contributed by atoms with van der Waals surface area (Å²) < 4.78 is 29.9. The number of hydrogen-bond donors (Lipinski definition) is 1. The number of ether oxygens (including phenoxy) is 1. The molecule has 0 fully saturated rings. The van der Waals surface area contributed by atoms with Gasteiger partial charge in [-0.05, 0) is 12.5 Å². The second-order valence-corrected chi connectivity index (χ2v) is 6.65. The molecule has 0 spiro atoms.